The first-order valence-corrected chi connectivity index (χ1v) is 9.66. The molecule has 0 amide bonds. The third-order valence-corrected chi connectivity index (χ3v) is 5.15. The summed E-state index contributed by atoms with van der Waals surface area (Å²) < 4.78 is 7.28. The Hall–Kier alpha value is -2.63. The molecule has 0 aliphatic carbocycles. The quantitative estimate of drug-likeness (QED) is 0.312. The molecule has 0 aliphatic rings. The van der Waals surface area contributed by atoms with Crippen molar-refractivity contribution in [3.05, 3.63) is 82.0 Å². The number of benzene rings is 2. The topological polar surface area (TPSA) is 38.9 Å². The smallest absolute Gasteiger partial charge is 0.211 e. The summed E-state index contributed by atoms with van der Waals surface area (Å²) in [7, 11) is 1.65. The minimum atomic E-state index is 0.650. The highest BCUT2D eigenvalue weighted by Crippen LogP contribution is 2.22. The van der Waals surface area contributed by atoms with Crippen LogP contribution in [0.5, 0.6) is 5.75 Å². The molecule has 1 heterocycles. The number of rotatable bonds is 6. The van der Waals surface area contributed by atoms with E-state index >= 15 is 0 Å². The number of hydrogen-bond acceptors (Lipinski definition) is 4. The number of ether oxygens (including phenoxy) is 1. The molecule has 0 bridgehead atoms. The molecule has 2 aromatic carbocycles. The molecule has 3 aromatic rings. The van der Waals surface area contributed by atoms with Crippen molar-refractivity contribution in [3.8, 4) is 17.0 Å². The fourth-order valence-electron chi connectivity index (χ4n) is 2.57. The van der Waals surface area contributed by atoms with E-state index in [9.17, 15) is 0 Å². The summed E-state index contributed by atoms with van der Waals surface area (Å²) in [4.78, 5) is 0.813. The lowest BCUT2D eigenvalue weighted by Gasteiger charge is -2.06. The van der Waals surface area contributed by atoms with Gasteiger partial charge in [-0.15, -0.1) is 23.0 Å². The first-order valence-electron chi connectivity index (χ1n) is 8.40. The van der Waals surface area contributed by atoms with E-state index in [1.165, 1.54) is 0 Å². The Kier molecular flexibility index (Phi) is 6.27. The van der Waals surface area contributed by atoms with Gasteiger partial charge in [-0.3, -0.25) is 0 Å². The van der Waals surface area contributed by atoms with Crippen molar-refractivity contribution in [1.82, 2.24) is 4.57 Å². The highest BCUT2D eigenvalue weighted by Gasteiger charge is 2.07. The van der Waals surface area contributed by atoms with E-state index in [4.69, 9.17) is 16.3 Å². The zero-order valence-electron chi connectivity index (χ0n) is 15.2. The zero-order chi connectivity index (χ0) is 19.2. The number of thiazole rings is 1. The molecule has 0 N–H and O–H groups in total. The third kappa shape index (κ3) is 4.56. The number of nitrogens with zero attached hydrogens (tertiary/aromatic N) is 3. The van der Waals surface area contributed by atoms with Gasteiger partial charge < -0.3 is 9.30 Å². The van der Waals surface area contributed by atoms with Gasteiger partial charge in [-0.05, 0) is 54.4 Å². The fourth-order valence-corrected chi connectivity index (χ4v) is 3.57. The van der Waals surface area contributed by atoms with Crippen LogP contribution in [0.2, 0.25) is 5.02 Å². The molecule has 27 heavy (non-hydrogen) atoms. The Bertz CT molecular complexity index is 1010. The molecule has 138 valence electrons. The monoisotopic (exact) mass is 397 g/mol. The lowest BCUT2D eigenvalue weighted by molar-refractivity contribution is 0.415. The van der Waals surface area contributed by atoms with Crippen LogP contribution in [0.4, 0.5) is 0 Å². The van der Waals surface area contributed by atoms with E-state index in [2.05, 4.69) is 26.7 Å². The Morgan fingerprint density at radius 1 is 1.19 bits per heavy atom. The number of halogens is 1. The number of allylic oxidation sites excluding steroid dienone is 1. The summed E-state index contributed by atoms with van der Waals surface area (Å²) in [6, 6.07) is 15.5. The Labute approximate surface area is 167 Å². The molecule has 0 saturated carbocycles. The predicted octanol–water partition coefficient (Wildman–Crippen LogP) is 5.39. The van der Waals surface area contributed by atoms with Crippen molar-refractivity contribution in [2.45, 2.75) is 13.5 Å². The van der Waals surface area contributed by atoms with E-state index in [1.807, 2.05) is 61.5 Å². The van der Waals surface area contributed by atoms with Gasteiger partial charge in [-0.1, -0.05) is 29.8 Å². The van der Waals surface area contributed by atoms with Crippen molar-refractivity contribution in [1.29, 1.82) is 0 Å². The number of aromatic nitrogens is 1. The summed E-state index contributed by atoms with van der Waals surface area (Å²) in [5, 5.41) is 11.7. The van der Waals surface area contributed by atoms with Crippen molar-refractivity contribution in [2.24, 2.45) is 10.2 Å². The molecule has 0 atom stereocenters. The van der Waals surface area contributed by atoms with Crippen molar-refractivity contribution < 1.29 is 4.74 Å². The summed E-state index contributed by atoms with van der Waals surface area (Å²) >= 11 is 7.55. The summed E-state index contributed by atoms with van der Waals surface area (Å²) in [5.41, 5.74) is 3.98. The molecule has 0 radical (unpaired) electrons. The van der Waals surface area contributed by atoms with Gasteiger partial charge >= 0.3 is 0 Å². The highest BCUT2D eigenvalue weighted by molar-refractivity contribution is 7.07. The molecular formula is C21H20ClN3OS. The van der Waals surface area contributed by atoms with Gasteiger partial charge in [0.25, 0.3) is 0 Å². The van der Waals surface area contributed by atoms with Crippen LogP contribution < -0.4 is 9.54 Å². The Morgan fingerprint density at radius 3 is 2.52 bits per heavy atom. The summed E-state index contributed by atoms with van der Waals surface area (Å²) in [5.74, 6) is 0.818. The zero-order valence-corrected chi connectivity index (χ0v) is 16.8. The highest BCUT2D eigenvalue weighted by atomic mass is 35.5. The Morgan fingerprint density at radius 2 is 1.89 bits per heavy atom. The van der Waals surface area contributed by atoms with Gasteiger partial charge in [0.05, 0.1) is 18.5 Å². The van der Waals surface area contributed by atoms with Gasteiger partial charge in [0, 0.05) is 16.9 Å². The van der Waals surface area contributed by atoms with Crippen LogP contribution in [-0.2, 0) is 6.54 Å². The van der Waals surface area contributed by atoms with Crippen molar-refractivity contribution >= 4 is 28.6 Å². The minimum absolute atomic E-state index is 0.650. The van der Waals surface area contributed by atoms with Crippen LogP contribution >= 0.6 is 22.9 Å². The second-order valence-corrected chi connectivity index (χ2v) is 7.10. The summed E-state index contributed by atoms with van der Waals surface area (Å²) in [6.07, 6.45) is 1.85. The molecule has 0 fully saturated rings. The number of hydrogen-bond donors (Lipinski definition) is 0. The van der Waals surface area contributed by atoms with Gasteiger partial charge in [-0.2, -0.15) is 5.10 Å². The van der Waals surface area contributed by atoms with Crippen molar-refractivity contribution in [3.63, 3.8) is 0 Å². The maximum Gasteiger partial charge on any atom is 0.211 e. The van der Waals surface area contributed by atoms with Gasteiger partial charge in [-0.25, -0.2) is 0 Å². The lowest BCUT2D eigenvalue weighted by Crippen LogP contribution is -2.15. The van der Waals surface area contributed by atoms with E-state index in [0.717, 1.165) is 33.1 Å². The normalized spacial score (nSPS) is 12.3. The lowest BCUT2D eigenvalue weighted by atomic mass is 10.1. The van der Waals surface area contributed by atoms with Crippen LogP contribution in [-0.4, -0.2) is 17.4 Å². The molecule has 4 nitrogen and oxygen atoms in total. The van der Waals surface area contributed by atoms with E-state index in [0.29, 0.717) is 11.6 Å². The van der Waals surface area contributed by atoms with Crippen LogP contribution in [0.3, 0.4) is 0 Å². The standard InChI is InChI=1S/C21H20ClN3OS/c1-4-13-25-20(17-5-9-18(22)10-6-17)14-27-21(25)24-23-15(2)16-7-11-19(26-3)12-8-16/h4-12,14H,1,13H2,2-3H3/b23-15-,24-21-. The largest absolute Gasteiger partial charge is 0.497 e. The fraction of sp³-hybridized carbons (Fsp3) is 0.143. The number of methoxy groups -OCH3 is 1. The second-order valence-electron chi connectivity index (χ2n) is 5.82. The predicted molar refractivity (Wildman–Crippen MR) is 114 cm³/mol. The maximum absolute atomic E-state index is 6.00. The summed E-state index contributed by atoms with van der Waals surface area (Å²) in [6.45, 7) is 6.45. The van der Waals surface area contributed by atoms with Crippen LogP contribution in [0, 0.1) is 0 Å². The van der Waals surface area contributed by atoms with E-state index < -0.39 is 0 Å². The second kappa shape index (κ2) is 8.84. The first kappa shape index (κ1) is 19.1. The molecule has 0 spiro atoms. The van der Waals surface area contributed by atoms with Crippen LogP contribution in [0.15, 0.2) is 76.8 Å². The SMILES string of the molecule is C=CCn1c(-c2ccc(Cl)cc2)cs/c1=N\N=C(\C)c1ccc(OC)cc1. The third-order valence-electron chi connectivity index (χ3n) is 4.04. The molecule has 6 heteroatoms. The molecule has 0 aliphatic heterocycles. The first-order chi connectivity index (χ1) is 13.1. The molecule has 0 saturated heterocycles. The van der Waals surface area contributed by atoms with Crippen LogP contribution in [0.1, 0.15) is 12.5 Å². The van der Waals surface area contributed by atoms with E-state index in [-0.39, 0.29) is 0 Å². The Balaban J connectivity index is 1.97. The maximum atomic E-state index is 6.00. The van der Waals surface area contributed by atoms with Gasteiger partial charge in [0.15, 0.2) is 0 Å². The average Bonchev–Trinajstić information content (AvgIpc) is 3.09. The molecule has 3 rings (SSSR count). The molecule has 0 unspecified atom stereocenters. The van der Waals surface area contributed by atoms with Crippen molar-refractivity contribution in [2.75, 3.05) is 7.11 Å². The average molecular weight is 398 g/mol. The van der Waals surface area contributed by atoms with Gasteiger partial charge in [0.2, 0.25) is 4.80 Å². The van der Waals surface area contributed by atoms with E-state index in [1.54, 1.807) is 18.4 Å². The van der Waals surface area contributed by atoms with Gasteiger partial charge in [0.1, 0.15) is 5.75 Å². The minimum Gasteiger partial charge on any atom is -0.497 e. The molecular weight excluding hydrogens is 378 g/mol. The molecule has 1 aromatic heterocycles. The van der Waals surface area contributed by atoms with Crippen LogP contribution in [0.25, 0.3) is 11.3 Å².